The first kappa shape index (κ1) is 17.2. The predicted octanol–water partition coefficient (Wildman–Crippen LogP) is 4.80. The molecule has 0 aromatic heterocycles. The maximum absolute atomic E-state index is 12.0. The molecular formula is C21H17NO4. The molecule has 0 aliphatic carbocycles. The van der Waals surface area contributed by atoms with E-state index in [-0.39, 0.29) is 12.2 Å². The second kappa shape index (κ2) is 7.98. The van der Waals surface area contributed by atoms with Crippen LogP contribution < -0.4 is 5.32 Å². The van der Waals surface area contributed by atoms with Gasteiger partial charge in [0, 0.05) is 5.69 Å². The van der Waals surface area contributed by atoms with E-state index in [1.807, 2.05) is 60.7 Å². The lowest BCUT2D eigenvalue weighted by Crippen LogP contribution is -2.14. The summed E-state index contributed by atoms with van der Waals surface area (Å²) in [6.07, 6.45) is -0.601. The first-order valence-electron chi connectivity index (χ1n) is 8.04. The van der Waals surface area contributed by atoms with Gasteiger partial charge in [-0.1, -0.05) is 60.7 Å². The normalized spacial score (nSPS) is 10.2. The van der Waals surface area contributed by atoms with E-state index in [9.17, 15) is 14.7 Å². The van der Waals surface area contributed by atoms with Crippen molar-refractivity contribution < 1.29 is 19.4 Å². The highest BCUT2D eigenvalue weighted by Gasteiger charge is 2.13. The molecule has 2 N–H and O–H groups in total. The Morgan fingerprint density at radius 2 is 1.54 bits per heavy atom. The number of hydrogen-bond acceptors (Lipinski definition) is 3. The highest BCUT2D eigenvalue weighted by atomic mass is 16.5. The molecule has 1 amide bonds. The van der Waals surface area contributed by atoms with Crippen molar-refractivity contribution in [3.63, 3.8) is 0 Å². The second-order valence-electron chi connectivity index (χ2n) is 5.62. The van der Waals surface area contributed by atoms with E-state index in [1.54, 1.807) is 12.1 Å². The molecule has 0 atom stereocenters. The summed E-state index contributed by atoms with van der Waals surface area (Å²) >= 11 is 0. The Labute approximate surface area is 150 Å². The SMILES string of the molecule is O=C(Nc1ccc(C(=O)O)c(-c2ccccc2)c1)OCc1ccccc1. The van der Waals surface area contributed by atoms with Gasteiger partial charge in [0.25, 0.3) is 0 Å². The maximum atomic E-state index is 12.0. The van der Waals surface area contributed by atoms with Gasteiger partial charge in [-0.15, -0.1) is 0 Å². The molecule has 0 radical (unpaired) electrons. The Balaban J connectivity index is 1.76. The smallest absolute Gasteiger partial charge is 0.411 e. The third-order valence-corrected chi connectivity index (χ3v) is 3.79. The lowest BCUT2D eigenvalue weighted by molar-refractivity contribution is 0.0697. The lowest BCUT2D eigenvalue weighted by atomic mass is 9.99. The fourth-order valence-corrected chi connectivity index (χ4v) is 2.54. The molecule has 0 aliphatic rings. The van der Waals surface area contributed by atoms with Gasteiger partial charge in [-0.3, -0.25) is 5.32 Å². The van der Waals surface area contributed by atoms with Crippen LogP contribution in [0, 0.1) is 0 Å². The minimum Gasteiger partial charge on any atom is -0.478 e. The first-order valence-corrected chi connectivity index (χ1v) is 8.04. The number of ether oxygens (including phenoxy) is 1. The zero-order valence-electron chi connectivity index (χ0n) is 13.9. The van der Waals surface area contributed by atoms with Gasteiger partial charge < -0.3 is 9.84 Å². The topological polar surface area (TPSA) is 75.6 Å². The molecule has 0 bridgehead atoms. The van der Waals surface area contributed by atoms with E-state index >= 15 is 0 Å². The van der Waals surface area contributed by atoms with Gasteiger partial charge in [0.1, 0.15) is 6.61 Å². The maximum Gasteiger partial charge on any atom is 0.411 e. The fourth-order valence-electron chi connectivity index (χ4n) is 2.54. The summed E-state index contributed by atoms with van der Waals surface area (Å²) in [5.74, 6) is -1.03. The number of nitrogens with one attached hydrogen (secondary N) is 1. The zero-order valence-corrected chi connectivity index (χ0v) is 13.9. The molecule has 3 aromatic rings. The van der Waals surface area contributed by atoms with Crippen molar-refractivity contribution in [1.29, 1.82) is 0 Å². The van der Waals surface area contributed by atoms with E-state index < -0.39 is 12.1 Å². The van der Waals surface area contributed by atoms with Crippen LogP contribution in [0.2, 0.25) is 0 Å². The zero-order chi connectivity index (χ0) is 18.4. The summed E-state index contributed by atoms with van der Waals surface area (Å²) in [5, 5.41) is 12.0. The van der Waals surface area contributed by atoms with E-state index in [1.165, 1.54) is 6.07 Å². The second-order valence-corrected chi connectivity index (χ2v) is 5.62. The number of aromatic carboxylic acids is 1. The van der Waals surface area contributed by atoms with Gasteiger partial charge >= 0.3 is 12.1 Å². The highest BCUT2D eigenvalue weighted by molar-refractivity contribution is 5.98. The number of anilines is 1. The number of amides is 1. The number of carbonyl (C=O) groups excluding carboxylic acids is 1. The van der Waals surface area contributed by atoms with Gasteiger partial charge in [-0.05, 0) is 34.9 Å². The number of benzene rings is 3. The number of carboxylic acids is 1. The Morgan fingerprint density at radius 1 is 0.885 bits per heavy atom. The summed E-state index contributed by atoms with van der Waals surface area (Å²) in [5.41, 5.74) is 2.80. The van der Waals surface area contributed by atoms with Gasteiger partial charge in [0.05, 0.1) is 5.56 Å². The number of carboxylic acid groups (broad SMARTS) is 1. The van der Waals surface area contributed by atoms with E-state index in [0.29, 0.717) is 11.3 Å². The molecule has 26 heavy (non-hydrogen) atoms. The number of hydrogen-bond donors (Lipinski definition) is 2. The molecular weight excluding hydrogens is 330 g/mol. The van der Waals surface area contributed by atoms with Crippen LogP contribution in [0.25, 0.3) is 11.1 Å². The van der Waals surface area contributed by atoms with Crippen LogP contribution in [0.15, 0.2) is 78.9 Å². The van der Waals surface area contributed by atoms with Crippen molar-refractivity contribution in [1.82, 2.24) is 0 Å². The molecule has 3 aromatic carbocycles. The van der Waals surface area contributed by atoms with Crippen LogP contribution in [0.1, 0.15) is 15.9 Å². The third-order valence-electron chi connectivity index (χ3n) is 3.79. The largest absolute Gasteiger partial charge is 0.478 e. The van der Waals surface area contributed by atoms with Gasteiger partial charge in [0.15, 0.2) is 0 Å². The summed E-state index contributed by atoms with van der Waals surface area (Å²) in [7, 11) is 0. The molecule has 0 heterocycles. The Kier molecular flexibility index (Phi) is 5.29. The van der Waals surface area contributed by atoms with Crippen LogP contribution in [-0.4, -0.2) is 17.2 Å². The van der Waals surface area contributed by atoms with E-state index in [2.05, 4.69) is 5.32 Å². The molecule has 0 unspecified atom stereocenters. The Hall–Kier alpha value is -3.60. The summed E-state index contributed by atoms with van der Waals surface area (Å²) < 4.78 is 5.19. The van der Waals surface area contributed by atoms with Crippen LogP contribution in [0.5, 0.6) is 0 Å². The standard InChI is InChI=1S/C21H17NO4/c23-20(24)18-12-11-17(13-19(18)16-9-5-2-6-10-16)22-21(25)26-14-15-7-3-1-4-8-15/h1-13H,14H2,(H,22,25)(H,23,24). The van der Waals surface area contributed by atoms with Crippen molar-refractivity contribution in [2.24, 2.45) is 0 Å². The highest BCUT2D eigenvalue weighted by Crippen LogP contribution is 2.27. The summed E-state index contributed by atoms with van der Waals surface area (Å²) in [6.45, 7) is 0.158. The summed E-state index contributed by atoms with van der Waals surface area (Å²) in [6, 6.07) is 23.1. The van der Waals surface area contributed by atoms with Crippen molar-refractivity contribution >= 4 is 17.7 Å². The van der Waals surface area contributed by atoms with Crippen molar-refractivity contribution in [2.45, 2.75) is 6.61 Å². The van der Waals surface area contributed by atoms with Gasteiger partial charge in [-0.25, -0.2) is 9.59 Å². The molecule has 5 nitrogen and oxygen atoms in total. The molecule has 0 spiro atoms. The summed E-state index contributed by atoms with van der Waals surface area (Å²) in [4.78, 5) is 23.5. The minimum absolute atomic E-state index is 0.158. The average molecular weight is 347 g/mol. The predicted molar refractivity (Wildman–Crippen MR) is 99.1 cm³/mol. The Bertz CT molecular complexity index is 908. The molecule has 0 fully saturated rings. The molecule has 0 aliphatic heterocycles. The van der Waals surface area contributed by atoms with Gasteiger partial charge in [0.2, 0.25) is 0 Å². The monoisotopic (exact) mass is 347 g/mol. The average Bonchev–Trinajstić information content (AvgIpc) is 2.67. The molecule has 0 saturated heterocycles. The van der Waals surface area contributed by atoms with E-state index in [0.717, 1.165) is 11.1 Å². The van der Waals surface area contributed by atoms with Crippen LogP contribution in [0.3, 0.4) is 0 Å². The molecule has 130 valence electrons. The number of rotatable bonds is 5. The van der Waals surface area contributed by atoms with Crippen molar-refractivity contribution in [3.8, 4) is 11.1 Å². The minimum atomic E-state index is -1.03. The van der Waals surface area contributed by atoms with Crippen LogP contribution >= 0.6 is 0 Å². The fraction of sp³-hybridized carbons (Fsp3) is 0.0476. The van der Waals surface area contributed by atoms with E-state index in [4.69, 9.17) is 4.74 Å². The van der Waals surface area contributed by atoms with Gasteiger partial charge in [-0.2, -0.15) is 0 Å². The Morgan fingerprint density at radius 3 is 2.19 bits per heavy atom. The van der Waals surface area contributed by atoms with Crippen molar-refractivity contribution in [2.75, 3.05) is 5.32 Å². The molecule has 0 saturated carbocycles. The first-order chi connectivity index (χ1) is 12.6. The van der Waals surface area contributed by atoms with Crippen LogP contribution in [-0.2, 0) is 11.3 Å². The lowest BCUT2D eigenvalue weighted by Gasteiger charge is -2.11. The number of carbonyl (C=O) groups is 2. The van der Waals surface area contributed by atoms with Crippen molar-refractivity contribution in [3.05, 3.63) is 90.0 Å². The quantitative estimate of drug-likeness (QED) is 0.695. The molecule has 3 rings (SSSR count). The van der Waals surface area contributed by atoms with Crippen LogP contribution in [0.4, 0.5) is 10.5 Å². The molecule has 5 heteroatoms. The third kappa shape index (κ3) is 4.27.